The van der Waals surface area contributed by atoms with Crippen molar-refractivity contribution in [2.75, 3.05) is 17.2 Å². The third-order valence-corrected chi connectivity index (χ3v) is 4.17. The molecule has 0 amide bonds. The SMILES string of the molecule is C[C@H](CO)Nc1nc(Nc2cc(Cl)c(O)c(Cl)c2)cc(-c2ccccn2)n1. The second-order valence-corrected chi connectivity index (χ2v) is 6.63. The summed E-state index contributed by atoms with van der Waals surface area (Å²) < 4.78 is 0. The van der Waals surface area contributed by atoms with Gasteiger partial charge in [-0.05, 0) is 31.2 Å². The van der Waals surface area contributed by atoms with Crippen LogP contribution in [0.25, 0.3) is 11.4 Å². The first kappa shape index (κ1) is 19.2. The minimum atomic E-state index is -0.227. The second kappa shape index (κ2) is 8.39. The van der Waals surface area contributed by atoms with Crippen LogP contribution in [0.4, 0.5) is 17.5 Å². The first-order chi connectivity index (χ1) is 13.0. The van der Waals surface area contributed by atoms with Gasteiger partial charge in [0.2, 0.25) is 5.95 Å². The smallest absolute Gasteiger partial charge is 0.225 e. The van der Waals surface area contributed by atoms with Gasteiger partial charge in [0.25, 0.3) is 0 Å². The van der Waals surface area contributed by atoms with Crippen LogP contribution in [0.3, 0.4) is 0 Å². The first-order valence-electron chi connectivity index (χ1n) is 8.09. The Morgan fingerprint density at radius 3 is 2.44 bits per heavy atom. The molecule has 2 heterocycles. The fourth-order valence-corrected chi connectivity index (χ4v) is 2.76. The lowest BCUT2D eigenvalue weighted by molar-refractivity contribution is 0.281. The summed E-state index contributed by atoms with van der Waals surface area (Å²) in [5.74, 6) is 0.620. The first-order valence-corrected chi connectivity index (χ1v) is 8.84. The van der Waals surface area contributed by atoms with Crippen molar-refractivity contribution in [1.82, 2.24) is 15.0 Å². The fraction of sp³-hybridized carbons (Fsp3) is 0.167. The van der Waals surface area contributed by atoms with E-state index in [0.29, 0.717) is 28.8 Å². The van der Waals surface area contributed by atoms with Crippen molar-refractivity contribution >= 4 is 40.7 Å². The molecule has 1 atom stereocenters. The van der Waals surface area contributed by atoms with Crippen LogP contribution in [0.2, 0.25) is 10.0 Å². The molecule has 0 aliphatic carbocycles. The number of hydrogen-bond donors (Lipinski definition) is 4. The Hall–Kier alpha value is -2.61. The van der Waals surface area contributed by atoms with Crippen LogP contribution < -0.4 is 10.6 Å². The van der Waals surface area contributed by atoms with Crippen molar-refractivity contribution < 1.29 is 10.2 Å². The largest absolute Gasteiger partial charge is 0.505 e. The van der Waals surface area contributed by atoms with Crippen molar-refractivity contribution in [2.45, 2.75) is 13.0 Å². The van der Waals surface area contributed by atoms with E-state index in [2.05, 4.69) is 25.6 Å². The minimum Gasteiger partial charge on any atom is -0.505 e. The highest BCUT2D eigenvalue weighted by Crippen LogP contribution is 2.35. The Kier molecular flexibility index (Phi) is 5.95. The highest BCUT2D eigenvalue weighted by Gasteiger charge is 2.12. The van der Waals surface area contributed by atoms with Gasteiger partial charge in [0.05, 0.1) is 28.0 Å². The van der Waals surface area contributed by atoms with Crippen LogP contribution in [-0.2, 0) is 0 Å². The average molecular weight is 406 g/mol. The third kappa shape index (κ3) is 4.77. The molecule has 0 spiro atoms. The van der Waals surface area contributed by atoms with Gasteiger partial charge in [-0.1, -0.05) is 29.3 Å². The Morgan fingerprint density at radius 2 is 1.81 bits per heavy atom. The third-order valence-electron chi connectivity index (χ3n) is 3.59. The zero-order chi connectivity index (χ0) is 19.4. The molecular weight excluding hydrogens is 389 g/mol. The molecule has 0 fully saturated rings. The number of phenols is 1. The number of rotatable bonds is 6. The Morgan fingerprint density at radius 1 is 1.07 bits per heavy atom. The van der Waals surface area contributed by atoms with Crippen LogP contribution in [0.15, 0.2) is 42.6 Å². The van der Waals surface area contributed by atoms with Crippen molar-refractivity contribution in [3.05, 3.63) is 52.6 Å². The van der Waals surface area contributed by atoms with E-state index in [1.54, 1.807) is 12.3 Å². The minimum absolute atomic E-state index is 0.0664. The normalized spacial score (nSPS) is 11.9. The molecule has 7 nitrogen and oxygen atoms in total. The summed E-state index contributed by atoms with van der Waals surface area (Å²) >= 11 is 11.9. The molecule has 4 N–H and O–H groups in total. The molecule has 0 bridgehead atoms. The summed E-state index contributed by atoms with van der Waals surface area (Å²) in [5, 5.41) is 25.3. The van der Waals surface area contributed by atoms with Gasteiger partial charge in [0.15, 0.2) is 5.75 Å². The molecule has 0 unspecified atom stereocenters. The molecular formula is C18H17Cl2N5O2. The molecule has 0 saturated heterocycles. The number of phenolic OH excluding ortho intramolecular Hbond substituents is 1. The molecule has 1 aromatic carbocycles. The maximum Gasteiger partial charge on any atom is 0.225 e. The molecule has 2 aromatic heterocycles. The van der Waals surface area contributed by atoms with E-state index >= 15 is 0 Å². The van der Waals surface area contributed by atoms with Crippen LogP contribution in [0.1, 0.15) is 6.92 Å². The zero-order valence-electron chi connectivity index (χ0n) is 14.3. The molecule has 140 valence electrons. The van der Waals surface area contributed by atoms with Gasteiger partial charge >= 0.3 is 0 Å². The van der Waals surface area contributed by atoms with E-state index in [4.69, 9.17) is 23.2 Å². The van der Waals surface area contributed by atoms with E-state index in [0.717, 1.165) is 0 Å². The molecule has 3 rings (SSSR count). The number of aromatic nitrogens is 3. The van der Waals surface area contributed by atoms with Crippen LogP contribution in [-0.4, -0.2) is 37.8 Å². The van der Waals surface area contributed by atoms with E-state index in [9.17, 15) is 10.2 Å². The van der Waals surface area contributed by atoms with Gasteiger partial charge in [0.1, 0.15) is 5.82 Å². The van der Waals surface area contributed by atoms with Crippen molar-refractivity contribution in [3.8, 4) is 17.1 Å². The Bertz CT molecular complexity index is 917. The number of aliphatic hydroxyl groups is 1. The number of pyridine rings is 1. The molecule has 0 aliphatic rings. The summed E-state index contributed by atoms with van der Waals surface area (Å²) in [4.78, 5) is 13.2. The van der Waals surface area contributed by atoms with E-state index in [1.165, 1.54) is 12.1 Å². The molecule has 0 radical (unpaired) electrons. The quantitative estimate of drug-likeness (QED) is 0.457. The van der Waals surface area contributed by atoms with Gasteiger partial charge < -0.3 is 20.8 Å². The summed E-state index contributed by atoms with van der Waals surface area (Å²) in [5.41, 5.74) is 1.82. The molecule has 0 saturated carbocycles. The average Bonchev–Trinajstić information content (AvgIpc) is 2.66. The van der Waals surface area contributed by atoms with E-state index < -0.39 is 0 Å². The van der Waals surface area contributed by atoms with Gasteiger partial charge in [-0.15, -0.1) is 0 Å². The van der Waals surface area contributed by atoms with Gasteiger partial charge in [0, 0.05) is 24.0 Å². The van der Waals surface area contributed by atoms with E-state index in [1.807, 2.05) is 25.1 Å². The number of halogens is 2. The fourth-order valence-electron chi connectivity index (χ4n) is 2.27. The lowest BCUT2D eigenvalue weighted by Gasteiger charge is -2.14. The highest BCUT2D eigenvalue weighted by atomic mass is 35.5. The maximum absolute atomic E-state index is 9.70. The van der Waals surface area contributed by atoms with Crippen molar-refractivity contribution in [1.29, 1.82) is 0 Å². The van der Waals surface area contributed by atoms with Gasteiger partial charge in [-0.25, -0.2) is 4.98 Å². The van der Waals surface area contributed by atoms with E-state index in [-0.39, 0.29) is 28.4 Å². The number of nitrogens with zero attached hydrogens (tertiary/aromatic N) is 3. The standard InChI is InChI=1S/C18H17Cl2N5O2/c1-10(9-26)22-18-24-15(14-4-2-3-5-21-14)8-16(25-18)23-11-6-12(19)17(27)13(20)7-11/h2-8,10,26-27H,9H2,1H3,(H2,22,23,24,25)/t10-/m1/s1. The molecule has 0 aliphatic heterocycles. The van der Waals surface area contributed by atoms with Crippen LogP contribution in [0.5, 0.6) is 5.75 Å². The number of anilines is 3. The number of aliphatic hydroxyl groups excluding tert-OH is 1. The molecule has 3 aromatic rings. The molecule has 27 heavy (non-hydrogen) atoms. The van der Waals surface area contributed by atoms with Gasteiger partial charge in [-0.3, -0.25) is 4.98 Å². The molecule has 9 heteroatoms. The highest BCUT2D eigenvalue weighted by molar-refractivity contribution is 6.37. The summed E-state index contributed by atoms with van der Waals surface area (Å²) in [6, 6.07) is 10.1. The van der Waals surface area contributed by atoms with Crippen molar-refractivity contribution in [2.24, 2.45) is 0 Å². The maximum atomic E-state index is 9.70. The number of hydrogen-bond acceptors (Lipinski definition) is 7. The lowest BCUT2D eigenvalue weighted by Crippen LogP contribution is -2.21. The van der Waals surface area contributed by atoms with Crippen molar-refractivity contribution in [3.63, 3.8) is 0 Å². The zero-order valence-corrected chi connectivity index (χ0v) is 15.8. The predicted octanol–water partition coefficient (Wildman–Crippen LogP) is 4.09. The number of benzene rings is 1. The number of aromatic hydroxyl groups is 1. The second-order valence-electron chi connectivity index (χ2n) is 5.82. The monoisotopic (exact) mass is 405 g/mol. The predicted molar refractivity (Wildman–Crippen MR) is 107 cm³/mol. The summed E-state index contributed by atoms with van der Waals surface area (Å²) in [6.45, 7) is 1.74. The summed E-state index contributed by atoms with van der Waals surface area (Å²) in [6.07, 6.45) is 1.67. The lowest BCUT2D eigenvalue weighted by atomic mass is 10.2. The number of nitrogens with one attached hydrogen (secondary N) is 2. The van der Waals surface area contributed by atoms with Gasteiger partial charge in [-0.2, -0.15) is 4.98 Å². The summed E-state index contributed by atoms with van der Waals surface area (Å²) in [7, 11) is 0. The Balaban J connectivity index is 1.99. The van der Waals surface area contributed by atoms with Crippen LogP contribution in [0, 0.1) is 0 Å². The Labute approximate surface area is 166 Å². The topological polar surface area (TPSA) is 103 Å². The van der Waals surface area contributed by atoms with Crippen LogP contribution >= 0.6 is 23.2 Å².